The Morgan fingerprint density at radius 1 is 1.36 bits per heavy atom. The number of amides is 1. The van der Waals surface area contributed by atoms with Crippen molar-refractivity contribution < 1.29 is 28.8 Å². The molecule has 0 aliphatic carbocycles. The van der Waals surface area contributed by atoms with E-state index in [4.69, 9.17) is 9.47 Å². The summed E-state index contributed by atoms with van der Waals surface area (Å²) in [6.07, 6.45) is 2.74. The topological polar surface area (TPSA) is 143 Å². The van der Waals surface area contributed by atoms with Gasteiger partial charge in [-0.2, -0.15) is 5.10 Å². The van der Waals surface area contributed by atoms with Crippen LogP contribution in [-0.2, 0) is 20.8 Å². The van der Waals surface area contributed by atoms with Gasteiger partial charge in [0, 0.05) is 0 Å². The highest BCUT2D eigenvalue weighted by molar-refractivity contribution is 7.18. The van der Waals surface area contributed by atoms with Crippen LogP contribution in [0.2, 0.25) is 0 Å². The highest BCUT2D eigenvalue weighted by Crippen LogP contribution is 2.34. The van der Waals surface area contributed by atoms with Crippen molar-refractivity contribution >= 4 is 39.9 Å². The van der Waals surface area contributed by atoms with Crippen LogP contribution in [0.5, 0.6) is 0 Å². The third kappa shape index (κ3) is 4.71. The highest BCUT2D eigenvalue weighted by Gasteiger charge is 2.27. The first-order valence-corrected chi connectivity index (χ1v) is 8.95. The van der Waals surface area contributed by atoms with Gasteiger partial charge in [0.15, 0.2) is 0 Å². The number of aromatic nitrogens is 2. The molecule has 1 amide bonds. The molecule has 0 unspecified atom stereocenters. The molecule has 0 aliphatic heterocycles. The van der Waals surface area contributed by atoms with Crippen molar-refractivity contribution in [2.75, 3.05) is 19.0 Å². The summed E-state index contributed by atoms with van der Waals surface area (Å²) in [4.78, 5) is 46.8. The van der Waals surface area contributed by atoms with Gasteiger partial charge in [0.1, 0.15) is 28.8 Å². The van der Waals surface area contributed by atoms with E-state index in [0.717, 1.165) is 28.4 Å². The summed E-state index contributed by atoms with van der Waals surface area (Å²) in [5, 5.41) is 17.1. The molecule has 12 heteroatoms. The van der Waals surface area contributed by atoms with Gasteiger partial charge in [-0.3, -0.25) is 19.6 Å². The predicted octanol–water partition coefficient (Wildman–Crippen LogP) is 2.15. The van der Waals surface area contributed by atoms with Gasteiger partial charge >= 0.3 is 17.6 Å². The first kappa shape index (κ1) is 21.0. The first-order valence-electron chi connectivity index (χ1n) is 8.14. The number of nitrogens with zero attached hydrogens (tertiary/aromatic N) is 3. The van der Waals surface area contributed by atoms with Crippen LogP contribution in [0.4, 0.5) is 10.7 Å². The molecule has 0 aromatic carbocycles. The normalized spacial score (nSPS) is 10.4. The molecule has 2 rings (SSSR count). The van der Waals surface area contributed by atoms with Crippen LogP contribution in [0, 0.1) is 17.0 Å². The molecule has 28 heavy (non-hydrogen) atoms. The minimum Gasteiger partial charge on any atom is -0.465 e. The molecular weight excluding hydrogens is 392 g/mol. The molecule has 2 heterocycles. The van der Waals surface area contributed by atoms with Crippen LogP contribution >= 0.6 is 11.3 Å². The number of thiophene rings is 1. The van der Waals surface area contributed by atoms with Crippen molar-refractivity contribution in [3.05, 3.63) is 38.5 Å². The van der Waals surface area contributed by atoms with Gasteiger partial charge in [-0.05, 0) is 18.9 Å². The number of rotatable bonds is 8. The lowest BCUT2D eigenvalue weighted by Gasteiger charge is -2.07. The number of anilines is 1. The fourth-order valence-electron chi connectivity index (χ4n) is 2.25. The lowest BCUT2D eigenvalue weighted by atomic mass is 10.1. The lowest BCUT2D eigenvalue weighted by molar-refractivity contribution is -0.385. The van der Waals surface area contributed by atoms with Crippen LogP contribution in [0.15, 0.2) is 12.4 Å². The quantitative estimate of drug-likeness (QED) is 0.396. The second-order valence-electron chi connectivity index (χ2n) is 5.59. The standard InChI is InChI=1S/C16H18N4O7S/c1-4-5-27-15(22)12-9(2)13(16(23)26-3)28-14(12)18-11(21)8-19-7-10(6-17-19)20(24)25/h6-7H,4-5,8H2,1-3H3,(H,18,21). The number of nitrogens with one attached hydrogen (secondary N) is 1. The molecule has 0 aliphatic rings. The molecule has 0 saturated heterocycles. The molecule has 150 valence electrons. The zero-order valence-corrected chi connectivity index (χ0v) is 16.2. The average Bonchev–Trinajstić information content (AvgIpc) is 3.23. The molecule has 0 atom stereocenters. The van der Waals surface area contributed by atoms with E-state index in [2.05, 4.69) is 10.4 Å². The highest BCUT2D eigenvalue weighted by atomic mass is 32.1. The predicted molar refractivity (Wildman–Crippen MR) is 98.5 cm³/mol. The Morgan fingerprint density at radius 3 is 2.64 bits per heavy atom. The van der Waals surface area contributed by atoms with Crippen LogP contribution in [0.1, 0.15) is 38.9 Å². The molecule has 0 bridgehead atoms. The van der Waals surface area contributed by atoms with E-state index >= 15 is 0 Å². The van der Waals surface area contributed by atoms with Crippen LogP contribution < -0.4 is 5.32 Å². The van der Waals surface area contributed by atoms with Crippen molar-refractivity contribution in [1.82, 2.24) is 9.78 Å². The van der Waals surface area contributed by atoms with Gasteiger partial charge in [0.05, 0.1) is 24.2 Å². The molecule has 1 N–H and O–H groups in total. The Labute approximate surface area is 163 Å². The van der Waals surface area contributed by atoms with E-state index in [9.17, 15) is 24.5 Å². The molecule has 0 saturated carbocycles. The van der Waals surface area contributed by atoms with Crippen LogP contribution in [0.25, 0.3) is 0 Å². The SMILES string of the molecule is CCCOC(=O)c1c(NC(=O)Cn2cc([N+](=O)[O-])cn2)sc(C(=O)OC)c1C. The third-order valence-corrected chi connectivity index (χ3v) is 4.74. The molecule has 2 aromatic heterocycles. The summed E-state index contributed by atoms with van der Waals surface area (Å²) in [6.45, 7) is 3.26. The monoisotopic (exact) mass is 410 g/mol. The Morgan fingerprint density at radius 2 is 2.07 bits per heavy atom. The molecule has 0 spiro atoms. The maximum Gasteiger partial charge on any atom is 0.348 e. The zero-order chi connectivity index (χ0) is 20.8. The summed E-state index contributed by atoms with van der Waals surface area (Å²) < 4.78 is 10.9. The van der Waals surface area contributed by atoms with Gasteiger partial charge in [-0.15, -0.1) is 11.3 Å². The molecule has 0 radical (unpaired) electrons. The summed E-state index contributed by atoms with van der Waals surface area (Å²) >= 11 is 0.884. The summed E-state index contributed by atoms with van der Waals surface area (Å²) in [5.41, 5.74) is 0.151. The average molecular weight is 410 g/mol. The second-order valence-corrected chi connectivity index (χ2v) is 6.61. The smallest absolute Gasteiger partial charge is 0.348 e. The van der Waals surface area contributed by atoms with Crippen LogP contribution in [-0.4, -0.2) is 46.3 Å². The van der Waals surface area contributed by atoms with Crippen molar-refractivity contribution in [3.63, 3.8) is 0 Å². The fraction of sp³-hybridized carbons (Fsp3) is 0.375. The maximum atomic E-state index is 12.4. The minimum absolute atomic E-state index is 0.0682. The Kier molecular flexibility index (Phi) is 6.82. The molecular formula is C16H18N4O7S. The van der Waals surface area contributed by atoms with E-state index in [1.54, 1.807) is 6.92 Å². The second kappa shape index (κ2) is 9.08. The Balaban J connectivity index is 2.26. The summed E-state index contributed by atoms with van der Waals surface area (Å²) in [5.74, 6) is -1.90. The molecule has 2 aromatic rings. The number of nitro groups is 1. The van der Waals surface area contributed by atoms with Gasteiger partial charge in [-0.25, -0.2) is 9.59 Å². The largest absolute Gasteiger partial charge is 0.465 e. The number of carbonyl (C=O) groups is 3. The van der Waals surface area contributed by atoms with E-state index in [0.29, 0.717) is 12.0 Å². The van der Waals surface area contributed by atoms with E-state index in [-0.39, 0.29) is 34.3 Å². The van der Waals surface area contributed by atoms with Crippen LogP contribution in [0.3, 0.4) is 0 Å². The Hall–Kier alpha value is -3.28. The van der Waals surface area contributed by atoms with E-state index in [1.807, 2.05) is 6.92 Å². The molecule has 0 fully saturated rings. The third-order valence-electron chi connectivity index (χ3n) is 3.55. The van der Waals surface area contributed by atoms with E-state index in [1.165, 1.54) is 7.11 Å². The number of methoxy groups -OCH3 is 1. The number of ether oxygens (including phenoxy) is 2. The fourth-order valence-corrected chi connectivity index (χ4v) is 3.38. The van der Waals surface area contributed by atoms with Crippen molar-refractivity contribution in [1.29, 1.82) is 0 Å². The summed E-state index contributed by atoms with van der Waals surface area (Å²) in [7, 11) is 1.21. The van der Waals surface area contributed by atoms with Gasteiger partial charge in [0.2, 0.25) is 5.91 Å². The van der Waals surface area contributed by atoms with Gasteiger partial charge < -0.3 is 14.8 Å². The van der Waals surface area contributed by atoms with Crippen molar-refractivity contribution in [2.45, 2.75) is 26.8 Å². The maximum absolute atomic E-state index is 12.4. The van der Waals surface area contributed by atoms with E-state index < -0.39 is 22.8 Å². The van der Waals surface area contributed by atoms with Gasteiger partial charge in [-0.1, -0.05) is 6.92 Å². The van der Waals surface area contributed by atoms with Crippen molar-refractivity contribution in [2.24, 2.45) is 0 Å². The number of esters is 2. The molecule has 11 nitrogen and oxygen atoms in total. The van der Waals surface area contributed by atoms with Crippen molar-refractivity contribution in [3.8, 4) is 0 Å². The minimum atomic E-state index is -0.671. The Bertz CT molecular complexity index is 918. The summed E-state index contributed by atoms with van der Waals surface area (Å²) in [6, 6.07) is 0. The number of hydrogen-bond donors (Lipinski definition) is 1. The lowest BCUT2D eigenvalue weighted by Crippen LogP contribution is -2.20. The number of carbonyl (C=O) groups excluding carboxylic acids is 3. The number of hydrogen-bond acceptors (Lipinski definition) is 9. The van der Waals surface area contributed by atoms with Gasteiger partial charge in [0.25, 0.3) is 0 Å². The zero-order valence-electron chi connectivity index (χ0n) is 15.4. The first-order chi connectivity index (χ1) is 13.3.